The van der Waals surface area contributed by atoms with E-state index in [-0.39, 0.29) is 6.10 Å². The highest BCUT2D eigenvalue weighted by Gasteiger charge is 2.21. The van der Waals surface area contributed by atoms with E-state index < -0.39 is 0 Å². The van der Waals surface area contributed by atoms with Crippen molar-refractivity contribution in [3.05, 3.63) is 53.6 Å². The predicted octanol–water partition coefficient (Wildman–Crippen LogP) is 3.63. The molecular formula is C17H19NO2. The molecule has 0 saturated heterocycles. The van der Waals surface area contributed by atoms with Crippen LogP contribution in [0.2, 0.25) is 0 Å². The van der Waals surface area contributed by atoms with Gasteiger partial charge in [0.25, 0.3) is 0 Å². The van der Waals surface area contributed by atoms with Gasteiger partial charge >= 0.3 is 0 Å². The normalized spacial score (nSPS) is 16.4. The number of methoxy groups -OCH3 is 1. The summed E-state index contributed by atoms with van der Waals surface area (Å²) in [6.07, 6.45) is 1.21. The second kappa shape index (κ2) is 5.45. The molecule has 3 rings (SSSR count). The highest BCUT2D eigenvalue weighted by Crippen LogP contribution is 2.35. The Balaban J connectivity index is 1.81. The second-order valence-corrected chi connectivity index (χ2v) is 5.12. The molecule has 2 aromatic rings. The van der Waals surface area contributed by atoms with Gasteiger partial charge in [-0.15, -0.1) is 0 Å². The van der Waals surface area contributed by atoms with E-state index in [4.69, 9.17) is 9.47 Å². The van der Waals surface area contributed by atoms with Gasteiger partial charge in [-0.2, -0.15) is 0 Å². The molecule has 0 amide bonds. The van der Waals surface area contributed by atoms with Crippen LogP contribution in [0.5, 0.6) is 11.5 Å². The Hall–Kier alpha value is -2.16. The monoisotopic (exact) mass is 269 g/mol. The average molecular weight is 269 g/mol. The third-order valence-electron chi connectivity index (χ3n) is 3.56. The molecule has 1 N–H and O–H groups in total. The van der Waals surface area contributed by atoms with Crippen molar-refractivity contribution in [1.29, 1.82) is 0 Å². The van der Waals surface area contributed by atoms with Gasteiger partial charge in [-0.1, -0.05) is 18.2 Å². The first kappa shape index (κ1) is 12.9. The molecule has 0 fully saturated rings. The number of para-hydroxylation sites is 1. The SMILES string of the molecule is COc1cc2c(cc1CNc1ccccc1)OC(C)C2. The molecule has 1 aliphatic heterocycles. The first-order chi connectivity index (χ1) is 9.76. The maximum atomic E-state index is 5.82. The highest BCUT2D eigenvalue weighted by molar-refractivity contribution is 5.51. The molecule has 1 unspecified atom stereocenters. The molecular weight excluding hydrogens is 250 g/mol. The summed E-state index contributed by atoms with van der Waals surface area (Å²) in [7, 11) is 1.72. The molecule has 3 nitrogen and oxygen atoms in total. The lowest BCUT2D eigenvalue weighted by Gasteiger charge is -2.12. The van der Waals surface area contributed by atoms with Crippen molar-refractivity contribution in [2.75, 3.05) is 12.4 Å². The van der Waals surface area contributed by atoms with E-state index in [1.807, 2.05) is 18.2 Å². The zero-order valence-electron chi connectivity index (χ0n) is 11.8. The van der Waals surface area contributed by atoms with Gasteiger partial charge in [-0.3, -0.25) is 0 Å². The molecule has 2 aromatic carbocycles. The van der Waals surface area contributed by atoms with Crippen LogP contribution in [0.4, 0.5) is 5.69 Å². The van der Waals surface area contributed by atoms with Crippen LogP contribution in [0, 0.1) is 0 Å². The number of rotatable bonds is 4. The van der Waals surface area contributed by atoms with E-state index in [2.05, 4.69) is 36.5 Å². The van der Waals surface area contributed by atoms with Gasteiger partial charge in [0.15, 0.2) is 0 Å². The summed E-state index contributed by atoms with van der Waals surface area (Å²) in [6.45, 7) is 2.81. The van der Waals surface area contributed by atoms with E-state index in [1.54, 1.807) is 7.11 Å². The van der Waals surface area contributed by atoms with Crippen LogP contribution in [0.15, 0.2) is 42.5 Å². The Morgan fingerprint density at radius 3 is 2.80 bits per heavy atom. The summed E-state index contributed by atoms with van der Waals surface area (Å²) in [5.74, 6) is 1.91. The van der Waals surface area contributed by atoms with Crippen LogP contribution < -0.4 is 14.8 Å². The van der Waals surface area contributed by atoms with Crippen LogP contribution in [-0.4, -0.2) is 13.2 Å². The molecule has 0 radical (unpaired) electrons. The fraction of sp³-hybridized carbons (Fsp3) is 0.294. The number of ether oxygens (including phenoxy) is 2. The summed E-state index contributed by atoms with van der Waals surface area (Å²) in [5.41, 5.74) is 3.45. The van der Waals surface area contributed by atoms with Crippen molar-refractivity contribution in [2.45, 2.75) is 26.0 Å². The first-order valence-electron chi connectivity index (χ1n) is 6.91. The maximum Gasteiger partial charge on any atom is 0.124 e. The molecule has 3 heteroatoms. The minimum Gasteiger partial charge on any atom is -0.496 e. The Morgan fingerprint density at radius 2 is 2.05 bits per heavy atom. The fourth-order valence-electron chi connectivity index (χ4n) is 2.56. The van der Waals surface area contributed by atoms with Gasteiger partial charge in [0.1, 0.15) is 17.6 Å². The standard InChI is InChI=1S/C17H19NO2/c1-12-8-13-9-16(19-2)14(10-17(13)20-12)11-18-15-6-4-3-5-7-15/h3-7,9-10,12,18H,8,11H2,1-2H3. The van der Waals surface area contributed by atoms with E-state index in [0.717, 1.165) is 35.7 Å². The molecule has 1 atom stereocenters. The number of hydrogen-bond acceptors (Lipinski definition) is 3. The smallest absolute Gasteiger partial charge is 0.124 e. The van der Waals surface area contributed by atoms with Crippen molar-refractivity contribution < 1.29 is 9.47 Å². The Bertz CT molecular complexity index is 595. The molecule has 0 aromatic heterocycles. The van der Waals surface area contributed by atoms with Gasteiger partial charge in [0.2, 0.25) is 0 Å². The molecule has 1 heterocycles. The number of benzene rings is 2. The lowest BCUT2D eigenvalue weighted by molar-refractivity contribution is 0.254. The predicted molar refractivity (Wildman–Crippen MR) is 80.6 cm³/mol. The zero-order chi connectivity index (χ0) is 13.9. The largest absolute Gasteiger partial charge is 0.496 e. The van der Waals surface area contributed by atoms with Gasteiger partial charge in [-0.25, -0.2) is 0 Å². The lowest BCUT2D eigenvalue weighted by Crippen LogP contribution is -2.05. The van der Waals surface area contributed by atoms with E-state index in [9.17, 15) is 0 Å². The number of hydrogen-bond donors (Lipinski definition) is 1. The van der Waals surface area contributed by atoms with Crippen LogP contribution in [0.3, 0.4) is 0 Å². The molecule has 1 aliphatic rings. The molecule has 0 saturated carbocycles. The van der Waals surface area contributed by atoms with Crippen molar-refractivity contribution >= 4 is 5.69 Å². The number of fused-ring (bicyclic) bond motifs is 1. The minimum atomic E-state index is 0.257. The van der Waals surface area contributed by atoms with Crippen LogP contribution in [0.1, 0.15) is 18.1 Å². The van der Waals surface area contributed by atoms with E-state index >= 15 is 0 Å². The molecule has 104 valence electrons. The van der Waals surface area contributed by atoms with Crippen molar-refractivity contribution in [3.63, 3.8) is 0 Å². The van der Waals surface area contributed by atoms with Gasteiger partial charge < -0.3 is 14.8 Å². The summed E-state index contributed by atoms with van der Waals surface area (Å²) in [4.78, 5) is 0. The Labute approximate surface area is 119 Å². The van der Waals surface area contributed by atoms with Crippen molar-refractivity contribution in [2.24, 2.45) is 0 Å². The quantitative estimate of drug-likeness (QED) is 0.919. The first-order valence-corrected chi connectivity index (χ1v) is 6.91. The van der Waals surface area contributed by atoms with Crippen LogP contribution >= 0.6 is 0 Å². The van der Waals surface area contributed by atoms with E-state index in [1.165, 1.54) is 5.56 Å². The third kappa shape index (κ3) is 2.57. The Kier molecular flexibility index (Phi) is 3.50. The van der Waals surface area contributed by atoms with Crippen molar-refractivity contribution in [3.8, 4) is 11.5 Å². The van der Waals surface area contributed by atoms with E-state index in [0.29, 0.717) is 0 Å². The molecule has 0 aliphatic carbocycles. The fourth-order valence-corrected chi connectivity index (χ4v) is 2.56. The van der Waals surface area contributed by atoms with Gasteiger partial charge in [0.05, 0.1) is 7.11 Å². The maximum absolute atomic E-state index is 5.82. The lowest BCUT2D eigenvalue weighted by atomic mass is 10.1. The van der Waals surface area contributed by atoms with Gasteiger partial charge in [0, 0.05) is 29.8 Å². The number of anilines is 1. The zero-order valence-corrected chi connectivity index (χ0v) is 11.8. The summed E-state index contributed by atoms with van der Waals surface area (Å²) < 4.78 is 11.3. The topological polar surface area (TPSA) is 30.5 Å². The third-order valence-corrected chi connectivity index (χ3v) is 3.56. The second-order valence-electron chi connectivity index (χ2n) is 5.12. The van der Waals surface area contributed by atoms with Crippen LogP contribution in [-0.2, 0) is 13.0 Å². The summed E-state index contributed by atoms with van der Waals surface area (Å²) >= 11 is 0. The Morgan fingerprint density at radius 1 is 1.25 bits per heavy atom. The molecule has 0 spiro atoms. The minimum absolute atomic E-state index is 0.257. The summed E-state index contributed by atoms with van der Waals surface area (Å²) in [6, 6.07) is 14.3. The highest BCUT2D eigenvalue weighted by atomic mass is 16.5. The van der Waals surface area contributed by atoms with Crippen LogP contribution in [0.25, 0.3) is 0 Å². The average Bonchev–Trinajstić information content (AvgIpc) is 2.84. The van der Waals surface area contributed by atoms with Crippen molar-refractivity contribution in [1.82, 2.24) is 0 Å². The summed E-state index contributed by atoms with van der Waals surface area (Å²) in [5, 5.41) is 3.40. The van der Waals surface area contributed by atoms with Gasteiger partial charge in [-0.05, 0) is 31.2 Å². The molecule has 20 heavy (non-hydrogen) atoms. The number of nitrogens with one attached hydrogen (secondary N) is 1. The molecule has 0 bridgehead atoms.